The van der Waals surface area contributed by atoms with Crippen molar-refractivity contribution >= 4 is 25.3 Å². The average Bonchev–Trinajstić information content (AvgIpc) is 3.03. The van der Waals surface area contributed by atoms with Crippen LogP contribution in [0, 0.1) is 0 Å². The van der Waals surface area contributed by atoms with E-state index >= 15 is 0 Å². The van der Waals surface area contributed by atoms with Gasteiger partial charge in [0.05, 0.1) is 24.3 Å². The number of aryl methyl sites for hydroxylation is 1. The molecule has 0 saturated carbocycles. The topological polar surface area (TPSA) is 56.6 Å². The van der Waals surface area contributed by atoms with E-state index in [1.807, 2.05) is 23.2 Å². The van der Waals surface area contributed by atoms with E-state index in [0.717, 1.165) is 30.6 Å². The molecular formula is C21H33N3O3Si. The van der Waals surface area contributed by atoms with Gasteiger partial charge in [-0.25, -0.2) is 0 Å². The van der Waals surface area contributed by atoms with Crippen LogP contribution in [-0.2, 0) is 15.7 Å². The van der Waals surface area contributed by atoms with Crippen LogP contribution in [0.25, 0.3) is 11.0 Å². The minimum atomic E-state index is -1.73. The first-order chi connectivity index (χ1) is 13.2. The summed E-state index contributed by atoms with van der Waals surface area (Å²) in [5.41, 5.74) is 2.47. The third-order valence-electron chi connectivity index (χ3n) is 5.98. The fraction of sp³-hybridized carbons (Fsp3) is 0.619. The molecule has 1 aliphatic heterocycles. The van der Waals surface area contributed by atoms with E-state index in [-0.39, 0.29) is 10.9 Å². The van der Waals surface area contributed by atoms with Crippen molar-refractivity contribution in [3.8, 4) is 0 Å². The van der Waals surface area contributed by atoms with E-state index in [9.17, 15) is 4.79 Å². The molecule has 1 amide bonds. The maximum atomic E-state index is 13.0. The lowest BCUT2D eigenvalue weighted by Gasteiger charge is -2.36. The van der Waals surface area contributed by atoms with Gasteiger partial charge in [-0.05, 0) is 36.7 Å². The van der Waals surface area contributed by atoms with Gasteiger partial charge in [0.15, 0.2) is 8.32 Å². The second kappa shape index (κ2) is 8.35. The smallest absolute Gasteiger partial charge is 0.257 e. The predicted octanol–water partition coefficient (Wildman–Crippen LogP) is 3.92. The number of aromatic nitrogens is 2. The van der Waals surface area contributed by atoms with Gasteiger partial charge < -0.3 is 18.6 Å². The molecule has 6 nitrogen and oxygen atoms in total. The lowest BCUT2D eigenvalue weighted by molar-refractivity contribution is 0.0304. The minimum absolute atomic E-state index is 0.0447. The van der Waals surface area contributed by atoms with Crippen molar-refractivity contribution in [2.75, 3.05) is 32.9 Å². The molecule has 3 heterocycles. The van der Waals surface area contributed by atoms with Crippen molar-refractivity contribution < 1.29 is 14.0 Å². The van der Waals surface area contributed by atoms with Gasteiger partial charge in [-0.2, -0.15) is 0 Å². The van der Waals surface area contributed by atoms with Crippen LogP contribution in [0.3, 0.4) is 0 Å². The lowest BCUT2D eigenvalue weighted by atomic mass is 10.2. The largest absolute Gasteiger partial charge is 0.417 e. The van der Waals surface area contributed by atoms with Crippen molar-refractivity contribution in [1.29, 1.82) is 0 Å². The van der Waals surface area contributed by atoms with Crippen LogP contribution in [0.1, 0.15) is 37.6 Å². The Morgan fingerprint density at radius 3 is 2.68 bits per heavy atom. The molecule has 0 N–H and O–H groups in total. The van der Waals surface area contributed by atoms with Crippen LogP contribution in [0.4, 0.5) is 0 Å². The number of hydrogen-bond donors (Lipinski definition) is 0. The van der Waals surface area contributed by atoms with E-state index < -0.39 is 8.32 Å². The summed E-state index contributed by atoms with van der Waals surface area (Å²) < 4.78 is 13.8. The molecule has 0 aromatic carbocycles. The molecule has 2 aromatic rings. The van der Waals surface area contributed by atoms with Gasteiger partial charge in [0.1, 0.15) is 5.52 Å². The van der Waals surface area contributed by atoms with Crippen molar-refractivity contribution in [1.82, 2.24) is 14.5 Å². The molecular weight excluding hydrogens is 370 g/mol. The van der Waals surface area contributed by atoms with Gasteiger partial charge in [0, 0.05) is 38.6 Å². The summed E-state index contributed by atoms with van der Waals surface area (Å²) >= 11 is 0. The molecule has 1 saturated heterocycles. The quantitative estimate of drug-likeness (QED) is 0.542. The minimum Gasteiger partial charge on any atom is -0.417 e. The Morgan fingerprint density at radius 2 is 2.00 bits per heavy atom. The highest BCUT2D eigenvalue weighted by atomic mass is 28.4. The fourth-order valence-corrected chi connectivity index (χ4v) is 4.27. The Balaban J connectivity index is 1.71. The number of fused-ring (bicyclic) bond motifs is 1. The zero-order valence-corrected chi connectivity index (χ0v) is 18.8. The van der Waals surface area contributed by atoms with E-state index in [4.69, 9.17) is 9.16 Å². The highest BCUT2D eigenvalue weighted by Gasteiger charge is 2.36. The number of nitrogens with zero attached hydrogens (tertiary/aromatic N) is 3. The highest BCUT2D eigenvalue weighted by molar-refractivity contribution is 6.74. The second-order valence-electron chi connectivity index (χ2n) is 8.97. The zero-order valence-electron chi connectivity index (χ0n) is 17.8. The van der Waals surface area contributed by atoms with Gasteiger partial charge in [0.25, 0.3) is 5.91 Å². The highest BCUT2D eigenvalue weighted by Crippen LogP contribution is 2.36. The molecule has 0 aliphatic carbocycles. The summed E-state index contributed by atoms with van der Waals surface area (Å²) in [7, 11) is -1.73. The Hall–Kier alpha value is -1.70. The van der Waals surface area contributed by atoms with E-state index in [2.05, 4.69) is 43.4 Å². The van der Waals surface area contributed by atoms with Gasteiger partial charge in [-0.3, -0.25) is 9.78 Å². The summed E-state index contributed by atoms with van der Waals surface area (Å²) in [6.07, 6.45) is 4.63. The number of carbonyl (C=O) groups excluding carboxylic acids is 1. The normalized spacial score (nSPS) is 16.0. The zero-order chi connectivity index (χ0) is 20.4. The van der Waals surface area contributed by atoms with E-state index in [0.29, 0.717) is 31.9 Å². The molecule has 2 aromatic heterocycles. The first-order valence-corrected chi connectivity index (χ1v) is 13.1. The Bertz CT molecular complexity index is 820. The van der Waals surface area contributed by atoms with Gasteiger partial charge in [-0.15, -0.1) is 0 Å². The first kappa shape index (κ1) is 21.0. The van der Waals surface area contributed by atoms with Crippen molar-refractivity contribution in [3.05, 3.63) is 30.1 Å². The van der Waals surface area contributed by atoms with E-state index in [1.165, 1.54) is 0 Å². The molecule has 0 unspecified atom stereocenters. The van der Waals surface area contributed by atoms with Gasteiger partial charge >= 0.3 is 0 Å². The molecule has 0 atom stereocenters. The molecule has 154 valence electrons. The number of morpholine rings is 1. The summed E-state index contributed by atoms with van der Waals surface area (Å²) in [5.74, 6) is 0.0447. The van der Waals surface area contributed by atoms with Crippen LogP contribution in [0.2, 0.25) is 18.1 Å². The lowest BCUT2D eigenvalue weighted by Crippen LogP contribution is -2.41. The fourth-order valence-electron chi connectivity index (χ4n) is 3.18. The SMILES string of the molecule is CC(C)(C)[Si](C)(C)OCCCn1cc(C(=O)N2CCOCC2)c2ncccc21. The molecule has 28 heavy (non-hydrogen) atoms. The second-order valence-corrected chi connectivity index (χ2v) is 13.8. The predicted molar refractivity (Wildman–Crippen MR) is 114 cm³/mol. The number of amides is 1. The Kier molecular flexibility index (Phi) is 6.27. The van der Waals surface area contributed by atoms with Gasteiger partial charge in [-0.1, -0.05) is 20.8 Å². The van der Waals surface area contributed by atoms with Crippen molar-refractivity contribution in [3.63, 3.8) is 0 Å². The van der Waals surface area contributed by atoms with Crippen LogP contribution < -0.4 is 0 Å². The average molecular weight is 404 g/mol. The molecule has 1 fully saturated rings. The molecule has 0 spiro atoms. The Labute approximate surface area is 169 Å². The third-order valence-corrected chi connectivity index (χ3v) is 10.5. The van der Waals surface area contributed by atoms with Crippen molar-refractivity contribution in [2.24, 2.45) is 0 Å². The summed E-state index contributed by atoms with van der Waals surface area (Å²) in [5, 5.41) is 0.217. The third kappa shape index (κ3) is 4.47. The molecule has 0 radical (unpaired) electrons. The van der Waals surface area contributed by atoms with Gasteiger partial charge in [0.2, 0.25) is 0 Å². The van der Waals surface area contributed by atoms with Crippen LogP contribution in [0.5, 0.6) is 0 Å². The number of rotatable bonds is 6. The maximum absolute atomic E-state index is 13.0. The number of pyridine rings is 1. The monoisotopic (exact) mass is 403 g/mol. The Morgan fingerprint density at radius 1 is 1.29 bits per heavy atom. The van der Waals surface area contributed by atoms with E-state index in [1.54, 1.807) is 6.20 Å². The molecule has 1 aliphatic rings. The summed E-state index contributed by atoms with van der Waals surface area (Å²) in [4.78, 5) is 19.3. The standard InChI is InChI=1S/C21H33N3O3Si/c1-21(2,3)28(4,5)27-13-7-10-24-16-17(19-18(24)8-6-9-22-19)20(25)23-11-14-26-15-12-23/h6,8-9,16H,7,10-15H2,1-5H3. The molecule has 3 rings (SSSR count). The molecule has 7 heteroatoms. The summed E-state index contributed by atoms with van der Waals surface area (Å²) in [6, 6.07) is 3.96. The maximum Gasteiger partial charge on any atom is 0.257 e. The van der Waals surface area contributed by atoms with Crippen LogP contribution in [-0.4, -0.2) is 61.6 Å². The summed E-state index contributed by atoms with van der Waals surface area (Å²) in [6.45, 7) is 15.4. The molecule has 0 bridgehead atoms. The van der Waals surface area contributed by atoms with Crippen LogP contribution in [0.15, 0.2) is 24.5 Å². The number of carbonyl (C=O) groups is 1. The number of hydrogen-bond acceptors (Lipinski definition) is 4. The first-order valence-electron chi connectivity index (χ1n) is 10.2. The van der Waals surface area contributed by atoms with Crippen molar-refractivity contribution in [2.45, 2.75) is 51.9 Å². The van der Waals surface area contributed by atoms with Crippen LogP contribution >= 0.6 is 0 Å². The number of ether oxygens (including phenoxy) is 1.